The van der Waals surface area contributed by atoms with E-state index < -0.39 is 0 Å². The lowest BCUT2D eigenvalue weighted by molar-refractivity contribution is 0.103. The van der Waals surface area contributed by atoms with E-state index in [0.29, 0.717) is 21.5 Å². The molecule has 2 rings (SSSR count). The fraction of sp³-hybridized carbons (Fsp3) is 0.0714. The summed E-state index contributed by atoms with van der Waals surface area (Å²) < 4.78 is 0. The molecular weight excluding hydrogens is 300 g/mol. The largest absolute Gasteiger partial charge is 0.289 e. The second-order valence-electron chi connectivity index (χ2n) is 3.61. The zero-order valence-electron chi connectivity index (χ0n) is 8.99. The smallest absolute Gasteiger partial charge is 0.194 e. The van der Waals surface area contributed by atoms with E-state index in [1.54, 1.807) is 18.2 Å². The minimum Gasteiger partial charge on any atom is -0.289 e. The molecule has 0 aliphatic rings. The first-order chi connectivity index (χ1) is 8.24. The molecule has 0 aromatic heterocycles. The van der Waals surface area contributed by atoms with Gasteiger partial charge in [-0.25, -0.2) is 0 Å². The number of halogens is 2. The molecular formula is C14H10BrClO. The van der Waals surface area contributed by atoms with Crippen LogP contribution in [0.15, 0.2) is 48.5 Å². The summed E-state index contributed by atoms with van der Waals surface area (Å²) in [6.07, 6.45) is 0. The van der Waals surface area contributed by atoms with Crippen LogP contribution in [0.2, 0.25) is 5.02 Å². The monoisotopic (exact) mass is 308 g/mol. The normalized spacial score (nSPS) is 10.2. The Bertz CT molecular complexity index is 537. The third-order valence-electron chi connectivity index (χ3n) is 2.50. The molecule has 0 fully saturated rings. The van der Waals surface area contributed by atoms with E-state index in [4.69, 9.17) is 11.6 Å². The van der Waals surface area contributed by atoms with Gasteiger partial charge in [0.05, 0.1) is 5.02 Å². The summed E-state index contributed by atoms with van der Waals surface area (Å²) in [7, 11) is 0. The van der Waals surface area contributed by atoms with Gasteiger partial charge in [0.15, 0.2) is 5.78 Å². The highest BCUT2D eigenvalue weighted by molar-refractivity contribution is 9.08. The maximum absolute atomic E-state index is 12.2. The van der Waals surface area contributed by atoms with Crippen molar-refractivity contribution in [2.75, 3.05) is 0 Å². The Hall–Kier alpha value is -1.12. The van der Waals surface area contributed by atoms with E-state index in [9.17, 15) is 4.79 Å². The average Bonchev–Trinajstić information content (AvgIpc) is 2.39. The van der Waals surface area contributed by atoms with Crippen molar-refractivity contribution < 1.29 is 4.79 Å². The van der Waals surface area contributed by atoms with Crippen molar-refractivity contribution in [3.63, 3.8) is 0 Å². The van der Waals surface area contributed by atoms with E-state index in [1.165, 1.54) is 0 Å². The van der Waals surface area contributed by atoms with Crippen LogP contribution in [0.5, 0.6) is 0 Å². The summed E-state index contributed by atoms with van der Waals surface area (Å²) in [6, 6.07) is 14.7. The Morgan fingerprint density at radius 1 is 1.06 bits per heavy atom. The quantitative estimate of drug-likeness (QED) is 0.604. The predicted molar refractivity (Wildman–Crippen MR) is 74.0 cm³/mol. The molecule has 2 aromatic rings. The van der Waals surface area contributed by atoms with Crippen LogP contribution in [0.4, 0.5) is 0 Å². The Kier molecular flexibility index (Phi) is 3.97. The van der Waals surface area contributed by atoms with E-state index in [0.717, 1.165) is 5.56 Å². The first-order valence-corrected chi connectivity index (χ1v) is 6.67. The van der Waals surface area contributed by atoms with Gasteiger partial charge in [0.25, 0.3) is 0 Å². The van der Waals surface area contributed by atoms with Gasteiger partial charge >= 0.3 is 0 Å². The highest BCUT2D eigenvalue weighted by Gasteiger charge is 2.14. The molecule has 0 atom stereocenters. The Morgan fingerprint density at radius 3 is 2.41 bits per heavy atom. The van der Waals surface area contributed by atoms with Gasteiger partial charge in [0, 0.05) is 16.5 Å². The van der Waals surface area contributed by atoms with Gasteiger partial charge in [-0.3, -0.25) is 4.79 Å². The van der Waals surface area contributed by atoms with Crippen LogP contribution in [0.3, 0.4) is 0 Å². The van der Waals surface area contributed by atoms with E-state index in [1.807, 2.05) is 30.3 Å². The summed E-state index contributed by atoms with van der Waals surface area (Å²) in [5, 5.41) is 1.17. The molecule has 0 saturated heterocycles. The lowest BCUT2D eigenvalue weighted by atomic mass is 10.0. The highest BCUT2D eigenvalue weighted by atomic mass is 79.9. The summed E-state index contributed by atoms with van der Waals surface area (Å²) >= 11 is 9.55. The van der Waals surface area contributed by atoms with Crippen molar-refractivity contribution in [3.8, 4) is 0 Å². The number of ketones is 1. The molecule has 0 radical (unpaired) electrons. The molecule has 86 valence electrons. The maximum atomic E-state index is 12.2. The topological polar surface area (TPSA) is 17.1 Å². The van der Waals surface area contributed by atoms with Gasteiger partial charge in [-0.15, -0.1) is 0 Å². The van der Waals surface area contributed by atoms with Crippen molar-refractivity contribution in [2.24, 2.45) is 0 Å². The lowest BCUT2D eigenvalue weighted by Gasteiger charge is -2.06. The van der Waals surface area contributed by atoms with Gasteiger partial charge < -0.3 is 0 Å². The van der Waals surface area contributed by atoms with Gasteiger partial charge in [0.2, 0.25) is 0 Å². The third kappa shape index (κ3) is 2.59. The summed E-state index contributed by atoms with van der Waals surface area (Å²) in [5.41, 5.74) is 2.13. The zero-order valence-corrected chi connectivity index (χ0v) is 11.3. The van der Waals surface area contributed by atoms with Crippen molar-refractivity contribution in [2.45, 2.75) is 5.33 Å². The number of rotatable bonds is 3. The Balaban J connectivity index is 2.45. The van der Waals surface area contributed by atoms with Crippen LogP contribution in [0, 0.1) is 0 Å². The summed E-state index contributed by atoms with van der Waals surface area (Å²) in [4.78, 5) is 12.2. The first kappa shape index (κ1) is 12.3. The number of alkyl halides is 1. The van der Waals surface area contributed by atoms with Crippen molar-refractivity contribution in [1.29, 1.82) is 0 Å². The molecule has 0 aliphatic carbocycles. The highest BCUT2D eigenvalue weighted by Crippen LogP contribution is 2.25. The van der Waals surface area contributed by atoms with Gasteiger partial charge in [-0.2, -0.15) is 0 Å². The molecule has 0 N–H and O–H groups in total. The van der Waals surface area contributed by atoms with Crippen LogP contribution in [0.1, 0.15) is 21.5 Å². The van der Waals surface area contributed by atoms with Crippen molar-refractivity contribution in [3.05, 3.63) is 70.2 Å². The Morgan fingerprint density at radius 2 is 1.76 bits per heavy atom. The van der Waals surface area contributed by atoms with Crippen LogP contribution in [-0.2, 0) is 5.33 Å². The lowest BCUT2D eigenvalue weighted by Crippen LogP contribution is -2.02. The fourth-order valence-electron chi connectivity index (χ4n) is 1.60. The predicted octanol–water partition coefficient (Wildman–Crippen LogP) is 4.47. The van der Waals surface area contributed by atoms with E-state index in [2.05, 4.69) is 15.9 Å². The number of benzene rings is 2. The van der Waals surface area contributed by atoms with Gasteiger partial charge in [-0.05, 0) is 11.6 Å². The van der Waals surface area contributed by atoms with Gasteiger partial charge in [0.1, 0.15) is 0 Å². The zero-order chi connectivity index (χ0) is 12.3. The molecule has 0 amide bonds. The third-order valence-corrected chi connectivity index (χ3v) is 3.55. The van der Waals surface area contributed by atoms with Crippen molar-refractivity contribution >= 4 is 33.3 Å². The van der Waals surface area contributed by atoms with Crippen molar-refractivity contribution in [1.82, 2.24) is 0 Å². The molecule has 2 aromatic carbocycles. The number of hydrogen-bond donors (Lipinski definition) is 0. The SMILES string of the molecule is O=C(c1ccccc1)c1cccc(CBr)c1Cl. The van der Waals surface area contributed by atoms with Gasteiger partial charge in [-0.1, -0.05) is 70.0 Å². The molecule has 0 spiro atoms. The van der Waals surface area contributed by atoms with E-state index >= 15 is 0 Å². The molecule has 0 heterocycles. The average molecular weight is 310 g/mol. The molecule has 0 aliphatic heterocycles. The molecule has 1 nitrogen and oxygen atoms in total. The van der Waals surface area contributed by atoms with Crippen LogP contribution >= 0.6 is 27.5 Å². The number of carbonyl (C=O) groups is 1. The minimum absolute atomic E-state index is 0.0431. The molecule has 0 bridgehead atoms. The molecule has 3 heteroatoms. The first-order valence-electron chi connectivity index (χ1n) is 5.17. The second-order valence-corrected chi connectivity index (χ2v) is 4.55. The number of hydrogen-bond acceptors (Lipinski definition) is 1. The Labute approximate surface area is 114 Å². The molecule has 17 heavy (non-hydrogen) atoms. The van der Waals surface area contributed by atoms with Crippen LogP contribution in [0.25, 0.3) is 0 Å². The molecule has 0 saturated carbocycles. The standard InChI is InChI=1S/C14H10BrClO/c15-9-11-7-4-8-12(13(11)16)14(17)10-5-2-1-3-6-10/h1-8H,9H2. The number of carbonyl (C=O) groups excluding carboxylic acids is 1. The fourth-order valence-corrected chi connectivity index (χ4v) is 2.51. The second kappa shape index (κ2) is 5.48. The van der Waals surface area contributed by atoms with E-state index in [-0.39, 0.29) is 5.78 Å². The molecule has 0 unspecified atom stereocenters. The minimum atomic E-state index is -0.0431. The van der Waals surface area contributed by atoms with Crippen LogP contribution < -0.4 is 0 Å². The van der Waals surface area contributed by atoms with Crippen LogP contribution in [-0.4, -0.2) is 5.78 Å². The summed E-state index contributed by atoms with van der Waals surface area (Å²) in [5.74, 6) is -0.0431. The summed E-state index contributed by atoms with van der Waals surface area (Å²) in [6.45, 7) is 0. The maximum Gasteiger partial charge on any atom is 0.194 e.